The van der Waals surface area contributed by atoms with Crippen molar-refractivity contribution in [1.82, 2.24) is 14.5 Å². The SMILES string of the molecule is CC(C)(C)n1cnc2c(Br)c[nH]c(=O)c21. The molecule has 0 fully saturated rings. The van der Waals surface area contributed by atoms with E-state index in [9.17, 15) is 4.79 Å². The number of hydrogen-bond donors (Lipinski definition) is 1. The zero-order chi connectivity index (χ0) is 11.2. The van der Waals surface area contributed by atoms with Gasteiger partial charge in [0.25, 0.3) is 5.56 Å². The van der Waals surface area contributed by atoms with Crippen LogP contribution in [-0.4, -0.2) is 14.5 Å². The lowest BCUT2D eigenvalue weighted by molar-refractivity contribution is 0.407. The van der Waals surface area contributed by atoms with E-state index in [0.717, 1.165) is 4.47 Å². The van der Waals surface area contributed by atoms with E-state index >= 15 is 0 Å². The third-order valence-corrected chi connectivity index (χ3v) is 2.87. The van der Waals surface area contributed by atoms with E-state index in [2.05, 4.69) is 25.9 Å². The average Bonchev–Trinajstić information content (AvgIpc) is 2.55. The molecule has 0 aromatic carbocycles. The zero-order valence-electron chi connectivity index (χ0n) is 8.84. The topological polar surface area (TPSA) is 50.7 Å². The average molecular weight is 270 g/mol. The second-order valence-electron chi connectivity index (χ2n) is 4.45. The van der Waals surface area contributed by atoms with E-state index in [0.29, 0.717) is 11.0 Å². The van der Waals surface area contributed by atoms with Crippen molar-refractivity contribution in [2.75, 3.05) is 0 Å². The lowest BCUT2D eigenvalue weighted by Gasteiger charge is -2.20. The van der Waals surface area contributed by atoms with E-state index in [1.807, 2.05) is 25.3 Å². The Kier molecular flexibility index (Phi) is 2.22. The number of imidazole rings is 1. The number of nitrogens with zero attached hydrogens (tertiary/aromatic N) is 2. The van der Waals surface area contributed by atoms with Crippen LogP contribution in [0, 0.1) is 0 Å². The summed E-state index contributed by atoms with van der Waals surface area (Å²) in [6.45, 7) is 6.11. The van der Waals surface area contributed by atoms with Gasteiger partial charge in [0.15, 0.2) is 0 Å². The summed E-state index contributed by atoms with van der Waals surface area (Å²) in [7, 11) is 0. The molecule has 0 radical (unpaired) electrons. The number of hydrogen-bond acceptors (Lipinski definition) is 2. The van der Waals surface area contributed by atoms with Crippen LogP contribution in [0.25, 0.3) is 11.0 Å². The Balaban J connectivity index is 2.92. The van der Waals surface area contributed by atoms with Crippen molar-refractivity contribution < 1.29 is 0 Å². The lowest BCUT2D eigenvalue weighted by atomic mass is 10.1. The minimum atomic E-state index is -0.150. The van der Waals surface area contributed by atoms with Crippen molar-refractivity contribution >= 4 is 27.0 Å². The quantitative estimate of drug-likeness (QED) is 0.798. The molecule has 0 aliphatic rings. The summed E-state index contributed by atoms with van der Waals surface area (Å²) in [5.41, 5.74) is 1.05. The maximum atomic E-state index is 11.7. The first-order chi connectivity index (χ1) is 6.91. The van der Waals surface area contributed by atoms with Crippen molar-refractivity contribution in [3.63, 3.8) is 0 Å². The minimum Gasteiger partial charge on any atom is -0.326 e. The molecule has 1 N–H and O–H groups in total. The summed E-state index contributed by atoms with van der Waals surface area (Å²) in [5, 5.41) is 0. The van der Waals surface area contributed by atoms with Gasteiger partial charge in [0.2, 0.25) is 0 Å². The maximum Gasteiger partial charge on any atom is 0.274 e. The number of halogens is 1. The summed E-state index contributed by atoms with van der Waals surface area (Å²) in [6, 6.07) is 0. The van der Waals surface area contributed by atoms with Gasteiger partial charge in [0.05, 0.1) is 10.8 Å². The molecule has 0 aliphatic heterocycles. The Morgan fingerprint density at radius 1 is 1.47 bits per heavy atom. The van der Waals surface area contributed by atoms with Gasteiger partial charge in [0, 0.05) is 11.7 Å². The van der Waals surface area contributed by atoms with Gasteiger partial charge in [-0.15, -0.1) is 0 Å². The summed E-state index contributed by atoms with van der Waals surface area (Å²) < 4.78 is 2.69. The molecule has 0 aliphatic carbocycles. The number of nitrogens with one attached hydrogen (secondary N) is 1. The first kappa shape index (κ1) is 10.4. The van der Waals surface area contributed by atoms with Crippen molar-refractivity contribution in [2.24, 2.45) is 0 Å². The minimum absolute atomic E-state index is 0.111. The third kappa shape index (κ3) is 1.61. The highest BCUT2D eigenvalue weighted by Gasteiger charge is 2.19. The molecule has 80 valence electrons. The smallest absolute Gasteiger partial charge is 0.274 e. The van der Waals surface area contributed by atoms with Crippen LogP contribution < -0.4 is 5.56 Å². The summed E-state index contributed by atoms with van der Waals surface area (Å²) in [4.78, 5) is 18.6. The number of aromatic amines is 1. The van der Waals surface area contributed by atoms with E-state index in [1.54, 1.807) is 12.5 Å². The van der Waals surface area contributed by atoms with Gasteiger partial charge >= 0.3 is 0 Å². The molecule has 2 aromatic heterocycles. The van der Waals surface area contributed by atoms with Crippen LogP contribution >= 0.6 is 15.9 Å². The van der Waals surface area contributed by atoms with E-state index in [-0.39, 0.29) is 11.1 Å². The van der Waals surface area contributed by atoms with Crippen molar-refractivity contribution in [2.45, 2.75) is 26.3 Å². The Bertz CT molecular complexity index is 562. The first-order valence-electron chi connectivity index (χ1n) is 4.66. The fourth-order valence-electron chi connectivity index (χ4n) is 1.51. The monoisotopic (exact) mass is 269 g/mol. The molecule has 0 unspecified atom stereocenters. The van der Waals surface area contributed by atoms with Gasteiger partial charge in [-0.1, -0.05) is 0 Å². The maximum absolute atomic E-state index is 11.7. The van der Waals surface area contributed by atoms with Crippen LogP contribution in [0.2, 0.25) is 0 Å². The van der Waals surface area contributed by atoms with Crippen molar-refractivity contribution in [3.8, 4) is 0 Å². The Hall–Kier alpha value is -1.10. The normalized spacial score (nSPS) is 12.3. The molecule has 0 bridgehead atoms. The van der Waals surface area contributed by atoms with Crippen LogP contribution in [0.5, 0.6) is 0 Å². The fourth-order valence-corrected chi connectivity index (χ4v) is 1.92. The molecule has 15 heavy (non-hydrogen) atoms. The molecule has 2 aromatic rings. The van der Waals surface area contributed by atoms with Crippen LogP contribution in [0.1, 0.15) is 20.8 Å². The van der Waals surface area contributed by atoms with Gasteiger partial charge in [-0.2, -0.15) is 0 Å². The van der Waals surface area contributed by atoms with E-state index < -0.39 is 0 Å². The predicted octanol–water partition coefficient (Wildman–Crippen LogP) is 2.24. The number of H-pyrrole nitrogens is 1. The molecular weight excluding hydrogens is 258 g/mol. The summed E-state index contributed by atoms with van der Waals surface area (Å²) >= 11 is 3.37. The van der Waals surface area contributed by atoms with Crippen molar-refractivity contribution in [3.05, 3.63) is 27.4 Å². The second-order valence-corrected chi connectivity index (χ2v) is 5.30. The van der Waals surface area contributed by atoms with E-state index in [1.165, 1.54) is 0 Å². The number of aromatic nitrogens is 3. The number of pyridine rings is 1. The van der Waals surface area contributed by atoms with Crippen molar-refractivity contribution in [1.29, 1.82) is 0 Å². The Labute approximate surface area is 95.5 Å². The number of rotatable bonds is 0. The lowest BCUT2D eigenvalue weighted by Crippen LogP contribution is -2.24. The summed E-state index contributed by atoms with van der Waals surface area (Å²) in [6.07, 6.45) is 3.31. The van der Waals surface area contributed by atoms with Crippen LogP contribution in [0.3, 0.4) is 0 Å². The van der Waals surface area contributed by atoms with Gasteiger partial charge in [0.1, 0.15) is 11.0 Å². The van der Waals surface area contributed by atoms with Crippen LogP contribution in [-0.2, 0) is 5.54 Å². The molecule has 5 heteroatoms. The standard InChI is InChI=1S/C10H12BrN3O/c1-10(2,3)14-5-13-7-6(11)4-12-9(15)8(7)14/h4-5H,1-3H3,(H,12,15). The fraction of sp³-hybridized carbons (Fsp3) is 0.400. The molecule has 0 saturated carbocycles. The predicted molar refractivity (Wildman–Crippen MR) is 63.0 cm³/mol. The largest absolute Gasteiger partial charge is 0.326 e. The molecule has 2 heterocycles. The third-order valence-electron chi connectivity index (χ3n) is 2.26. The highest BCUT2D eigenvalue weighted by molar-refractivity contribution is 9.10. The van der Waals surface area contributed by atoms with Crippen LogP contribution in [0.15, 0.2) is 21.8 Å². The Morgan fingerprint density at radius 2 is 2.13 bits per heavy atom. The van der Waals surface area contributed by atoms with E-state index in [4.69, 9.17) is 0 Å². The highest BCUT2D eigenvalue weighted by atomic mass is 79.9. The molecule has 0 saturated heterocycles. The van der Waals surface area contributed by atoms with Gasteiger partial charge in [-0.3, -0.25) is 4.79 Å². The first-order valence-corrected chi connectivity index (χ1v) is 5.45. The van der Waals surface area contributed by atoms with Gasteiger partial charge < -0.3 is 9.55 Å². The van der Waals surface area contributed by atoms with Gasteiger partial charge in [-0.25, -0.2) is 4.98 Å². The van der Waals surface area contributed by atoms with Gasteiger partial charge in [-0.05, 0) is 36.7 Å². The zero-order valence-corrected chi connectivity index (χ0v) is 10.4. The highest BCUT2D eigenvalue weighted by Crippen LogP contribution is 2.23. The number of fused-ring (bicyclic) bond motifs is 1. The molecule has 0 spiro atoms. The molecule has 0 amide bonds. The Morgan fingerprint density at radius 3 is 2.73 bits per heavy atom. The summed E-state index contributed by atoms with van der Waals surface area (Å²) in [5.74, 6) is 0. The van der Waals surface area contributed by atoms with Crippen LogP contribution in [0.4, 0.5) is 0 Å². The molecule has 4 nitrogen and oxygen atoms in total. The molecule has 2 rings (SSSR count). The molecule has 0 atom stereocenters. The molecular formula is C10H12BrN3O. The second kappa shape index (κ2) is 3.20.